The molecule has 0 aliphatic heterocycles. The van der Waals surface area contributed by atoms with Gasteiger partial charge in [-0.3, -0.25) is 9.78 Å². The molecule has 3 nitrogen and oxygen atoms in total. The van der Waals surface area contributed by atoms with Gasteiger partial charge >= 0.3 is 0 Å². The monoisotopic (exact) mass is 348 g/mol. The molecule has 1 heterocycles. The van der Waals surface area contributed by atoms with Crippen LogP contribution in [0, 0.1) is 5.41 Å². The lowest BCUT2D eigenvalue weighted by Crippen LogP contribution is -2.32. The first-order chi connectivity index (χ1) is 9.87. The van der Waals surface area contributed by atoms with Crippen LogP contribution in [0.4, 0.5) is 0 Å². The Kier molecular flexibility index (Phi) is 4.99. The van der Waals surface area contributed by atoms with E-state index in [2.05, 4.69) is 47.0 Å². The number of nitrogens with zero attached hydrogens (tertiary/aromatic N) is 1. The third-order valence-electron chi connectivity index (χ3n) is 3.21. The quantitative estimate of drug-likeness (QED) is 0.842. The molecule has 1 aromatic heterocycles. The van der Waals surface area contributed by atoms with Crippen molar-refractivity contribution in [2.75, 3.05) is 6.54 Å². The van der Waals surface area contributed by atoms with Gasteiger partial charge in [-0.25, -0.2) is 0 Å². The van der Waals surface area contributed by atoms with E-state index in [-0.39, 0.29) is 16.1 Å². The third-order valence-corrected chi connectivity index (χ3v) is 3.85. The number of carbonyl (C=O) groups is 1. The minimum absolute atomic E-state index is 0.120. The number of fused-ring (bicyclic) bond motifs is 1. The van der Waals surface area contributed by atoms with Gasteiger partial charge in [0, 0.05) is 23.0 Å². The van der Waals surface area contributed by atoms with Crippen molar-refractivity contribution in [2.24, 2.45) is 5.41 Å². The highest BCUT2D eigenvalue weighted by molar-refractivity contribution is 9.09. The number of rotatable bonds is 4. The van der Waals surface area contributed by atoms with Gasteiger partial charge in [-0.05, 0) is 23.3 Å². The zero-order valence-corrected chi connectivity index (χ0v) is 14.3. The van der Waals surface area contributed by atoms with Crippen molar-refractivity contribution in [3.63, 3.8) is 0 Å². The first-order valence-electron chi connectivity index (χ1n) is 7.13. The molecule has 1 aromatic carbocycles. The molecule has 0 aliphatic rings. The fourth-order valence-electron chi connectivity index (χ4n) is 2.32. The Hall–Kier alpha value is -1.42. The van der Waals surface area contributed by atoms with Crippen molar-refractivity contribution in [1.29, 1.82) is 0 Å². The molecular formula is C17H21BrN2O. The Morgan fingerprint density at radius 3 is 2.71 bits per heavy atom. The van der Waals surface area contributed by atoms with Gasteiger partial charge in [-0.15, -0.1) is 0 Å². The normalized spacial score (nSPS) is 13.1. The number of benzene rings is 1. The highest BCUT2D eigenvalue weighted by atomic mass is 79.9. The van der Waals surface area contributed by atoms with Crippen molar-refractivity contribution >= 4 is 32.6 Å². The van der Waals surface area contributed by atoms with Gasteiger partial charge in [-0.2, -0.15) is 0 Å². The molecular weight excluding hydrogens is 328 g/mol. The van der Waals surface area contributed by atoms with Crippen LogP contribution >= 0.6 is 15.9 Å². The van der Waals surface area contributed by atoms with Gasteiger partial charge in [0.1, 0.15) is 5.69 Å². The SMILES string of the molecule is CC(C)(C)CC(Br)CNC(=O)c1nccc2ccccc12. The zero-order chi connectivity index (χ0) is 15.5. The molecule has 0 saturated heterocycles. The standard InChI is InChI=1S/C17H21BrN2O/c1-17(2,3)10-13(18)11-20-16(21)15-14-7-5-4-6-12(14)8-9-19-15/h4-9,13H,10-11H2,1-3H3,(H,20,21). The number of halogens is 1. The Balaban J connectivity index is 2.06. The van der Waals surface area contributed by atoms with Crippen LogP contribution in [-0.2, 0) is 0 Å². The summed E-state index contributed by atoms with van der Waals surface area (Å²) in [5, 5.41) is 4.88. The second-order valence-electron chi connectivity index (χ2n) is 6.45. The van der Waals surface area contributed by atoms with Gasteiger partial charge in [0.2, 0.25) is 0 Å². The summed E-state index contributed by atoms with van der Waals surface area (Å²) in [6.45, 7) is 7.17. The molecule has 0 spiro atoms. The average Bonchev–Trinajstić information content (AvgIpc) is 2.42. The van der Waals surface area contributed by atoms with Crippen LogP contribution in [-0.4, -0.2) is 22.3 Å². The van der Waals surface area contributed by atoms with Crippen molar-refractivity contribution in [3.05, 3.63) is 42.2 Å². The molecule has 1 unspecified atom stereocenters. The van der Waals surface area contributed by atoms with Crippen molar-refractivity contribution in [1.82, 2.24) is 10.3 Å². The Morgan fingerprint density at radius 1 is 1.29 bits per heavy atom. The molecule has 0 aliphatic carbocycles. The number of carbonyl (C=O) groups excluding carboxylic acids is 1. The minimum Gasteiger partial charge on any atom is -0.350 e. The van der Waals surface area contributed by atoms with E-state index in [0.29, 0.717) is 12.2 Å². The van der Waals surface area contributed by atoms with E-state index in [1.54, 1.807) is 6.20 Å². The lowest BCUT2D eigenvalue weighted by atomic mass is 9.90. The van der Waals surface area contributed by atoms with E-state index in [0.717, 1.165) is 17.2 Å². The summed E-state index contributed by atoms with van der Waals surface area (Å²) >= 11 is 3.63. The smallest absolute Gasteiger partial charge is 0.270 e. The lowest BCUT2D eigenvalue weighted by molar-refractivity contribution is 0.0949. The van der Waals surface area contributed by atoms with Crippen LogP contribution in [0.3, 0.4) is 0 Å². The number of alkyl halides is 1. The molecule has 112 valence electrons. The van der Waals surface area contributed by atoms with Gasteiger partial charge in [-0.1, -0.05) is 61.0 Å². The van der Waals surface area contributed by atoms with Crippen LogP contribution < -0.4 is 5.32 Å². The molecule has 21 heavy (non-hydrogen) atoms. The minimum atomic E-state index is -0.120. The predicted molar refractivity (Wildman–Crippen MR) is 90.9 cm³/mol. The summed E-state index contributed by atoms with van der Waals surface area (Å²) in [6, 6.07) is 9.72. The highest BCUT2D eigenvalue weighted by Crippen LogP contribution is 2.24. The zero-order valence-electron chi connectivity index (χ0n) is 12.7. The Morgan fingerprint density at radius 2 is 2.00 bits per heavy atom. The van der Waals surface area contributed by atoms with Gasteiger partial charge in [0.15, 0.2) is 0 Å². The number of hydrogen-bond donors (Lipinski definition) is 1. The van der Waals surface area contributed by atoms with E-state index in [1.165, 1.54) is 0 Å². The predicted octanol–water partition coefficient (Wildman–Crippen LogP) is 4.16. The van der Waals surface area contributed by atoms with Crippen molar-refractivity contribution in [3.8, 4) is 0 Å². The molecule has 1 N–H and O–H groups in total. The van der Waals surface area contributed by atoms with E-state index in [1.807, 2.05) is 30.3 Å². The summed E-state index contributed by atoms with van der Waals surface area (Å²) in [7, 11) is 0. The highest BCUT2D eigenvalue weighted by Gasteiger charge is 2.18. The molecule has 0 bridgehead atoms. The Labute approximate surface area is 134 Å². The van der Waals surface area contributed by atoms with Crippen LogP contribution in [0.25, 0.3) is 10.8 Å². The Bertz CT molecular complexity index is 629. The molecule has 0 fully saturated rings. The van der Waals surface area contributed by atoms with E-state index in [9.17, 15) is 4.79 Å². The fourth-order valence-corrected chi connectivity index (χ4v) is 3.46. The van der Waals surface area contributed by atoms with E-state index in [4.69, 9.17) is 0 Å². The van der Waals surface area contributed by atoms with Crippen LogP contribution in [0.2, 0.25) is 0 Å². The molecule has 0 saturated carbocycles. The number of amides is 1. The number of aromatic nitrogens is 1. The topological polar surface area (TPSA) is 42.0 Å². The maximum absolute atomic E-state index is 12.3. The summed E-state index contributed by atoms with van der Waals surface area (Å²) in [4.78, 5) is 16.8. The van der Waals surface area contributed by atoms with Crippen LogP contribution in [0.1, 0.15) is 37.7 Å². The van der Waals surface area contributed by atoms with Crippen molar-refractivity contribution < 1.29 is 4.79 Å². The van der Waals surface area contributed by atoms with Crippen molar-refractivity contribution in [2.45, 2.75) is 32.0 Å². The first-order valence-corrected chi connectivity index (χ1v) is 8.04. The molecule has 0 radical (unpaired) electrons. The largest absolute Gasteiger partial charge is 0.350 e. The van der Waals surface area contributed by atoms with E-state index < -0.39 is 0 Å². The maximum Gasteiger partial charge on any atom is 0.270 e. The number of nitrogens with one attached hydrogen (secondary N) is 1. The fraction of sp³-hybridized carbons (Fsp3) is 0.412. The summed E-state index contributed by atoms with van der Waals surface area (Å²) in [5.74, 6) is -0.120. The average molecular weight is 349 g/mol. The van der Waals surface area contributed by atoms with Gasteiger partial charge in [0.05, 0.1) is 0 Å². The molecule has 1 atom stereocenters. The van der Waals surface area contributed by atoms with Gasteiger partial charge in [0.25, 0.3) is 5.91 Å². The third kappa shape index (κ3) is 4.53. The second-order valence-corrected chi connectivity index (χ2v) is 7.75. The first kappa shape index (κ1) is 16.0. The van der Waals surface area contributed by atoms with E-state index >= 15 is 0 Å². The maximum atomic E-state index is 12.3. The number of hydrogen-bond acceptors (Lipinski definition) is 2. The summed E-state index contributed by atoms with van der Waals surface area (Å²) in [5.41, 5.74) is 0.722. The molecule has 1 amide bonds. The molecule has 4 heteroatoms. The summed E-state index contributed by atoms with van der Waals surface area (Å²) in [6.07, 6.45) is 2.67. The molecule has 2 aromatic rings. The van der Waals surface area contributed by atoms with Crippen LogP contribution in [0.15, 0.2) is 36.5 Å². The van der Waals surface area contributed by atoms with Gasteiger partial charge < -0.3 is 5.32 Å². The molecule has 2 rings (SSSR count). The lowest BCUT2D eigenvalue weighted by Gasteiger charge is -2.22. The second kappa shape index (κ2) is 6.56. The summed E-state index contributed by atoms with van der Waals surface area (Å²) < 4.78 is 0. The van der Waals surface area contributed by atoms with Crippen LogP contribution in [0.5, 0.6) is 0 Å². The number of pyridine rings is 1.